The van der Waals surface area contributed by atoms with Crippen molar-refractivity contribution in [3.63, 3.8) is 0 Å². The minimum absolute atomic E-state index is 0.102. The van der Waals surface area contributed by atoms with Gasteiger partial charge < -0.3 is 10.1 Å². The van der Waals surface area contributed by atoms with Gasteiger partial charge in [-0.1, -0.05) is 24.1 Å². The molecule has 0 aliphatic carbocycles. The minimum Gasteiger partial charge on any atom is -0.468 e. The van der Waals surface area contributed by atoms with Gasteiger partial charge in [0.1, 0.15) is 6.04 Å². The molecule has 0 saturated carbocycles. The number of hydrogen-bond acceptors (Lipinski definition) is 4. The van der Waals surface area contributed by atoms with E-state index >= 15 is 0 Å². The number of anilines is 1. The second kappa shape index (κ2) is 7.22. The molecule has 5 heteroatoms. The fraction of sp³-hybridized carbons (Fsp3) is 0.500. The first-order valence-electron chi connectivity index (χ1n) is 7.28. The third-order valence-corrected chi connectivity index (χ3v) is 3.77. The van der Waals surface area contributed by atoms with Crippen LogP contribution in [0.4, 0.5) is 5.69 Å². The van der Waals surface area contributed by atoms with E-state index in [1.165, 1.54) is 7.11 Å². The maximum Gasteiger partial charge on any atom is 0.323 e. The Morgan fingerprint density at radius 2 is 2.00 bits per heavy atom. The van der Waals surface area contributed by atoms with E-state index in [0.717, 1.165) is 37.1 Å². The van der Waals surface area contributed by atoms with E-state index in [9.17, 15) is 9.59 Å². The Balaban J connectivity index is 1.93. The molecule has 114 valence electrons. The van der Waals surface area contributed by atoms with Crippen molar-refractivity contribution >= 4 is 17.6 Å². The van der Waals surface area contributed by atoms with Gasteiger partial charge in [-0.25, -0.2) is 0 Å². The summed E-state index contributed by atoms with van der Waals surface area (Å²) in [5.74, 6) is -0.354. The zero-order valence-corrected chi connectivity index (χ0v) is 12.6. The average molecular weight is 290 g/mol. The predicted molar refractivity (Wildman–Crippen MR) is 81.0 cm³/mol. The van der Waals surface area contributed by atoms with E-state index in [1.807, 2.05) is 36.1 Å². The van der Waals surface area contributed by atoms with Gasteiger partial charge in [0, 0.05) is 5.69 Å². The Bertz CT molecular complexity index is 499. The molecule has 0 bridgehead atoms. The number of nitrogens with zero attached hydrogens (tertiary/aromatic N) is 1. The number of hydrogen-bond donors (Lipinski definition) is 1. The van der Waals surface area contributed by atoms with Crippen LogP contribution in [0.3, 0.4) is 0 Å². The lowest BCUT2D eigenvalue weighted by molar-refractivity contribution is -0.148. The van der Waals surface area contributed by atoms with E-state index in [2.05, 4.69) is 5.32 Å². The van der Waals surface area contributed by atoms with Crippen LogP contribution in [0.15, 0.2) is 24.3 Å². The van der Waals surface area contributed by atoms with Gasteiger partial charge in [-0.05, 0) is 38.4 Å². The number of ether oxygens (including phenoxy) is 1. The van der Waals surface area contributed by atoms with Crippen LogP contribution < -0.4 is 5.32 Å². The standard InChI is InChI=1S/C16H22N2O3/c1-12-6-8-13(9-7-12)17-15(19)11-18-10-4-3-5-14(18)16(20)21-2/h6-9,14H,3-5,10-11H2,1-2H3,(H,17,19)/t14-/m1/s1. The van der Waals surface area contributed by atoms with Crippen molar-refractivity contribution in [1.29, 1.82) is 0 Å². The smallest absolute Gasteiger partial charge is 0.323 e. The van der Waals surface area contributed by atoms with Crippen LogP contribution in [0, 0.1) is 6.92 Å². The quantitative estimate of drug-likeness (QED) is 0.861. The summed E-state index contributed by atoms with van der Waals surface area (Å²) in [5, 5.41) is 2.86. The number of piperidine rings is 1. The summed E-state index contributed by atoms with van der Waals surface area (Å²) < 4.78 is 4.82. The van der Waals surface area contributed by atoms with Crippen LogP contribution in [-0.4, -0.2) is 43.0 Å². The molecule has 1 aromatic carbocycles. The average Bonchev–Trinajstić information content (AvgIpc) is 2.49. The lowest BCUT2D eigenvalue weighted by Gasteiger charge is -2.32. The fourth-order valence-corrected chi connectivity index (χ4v) is 2.61. The van der Waals surface area contributed by atoms with E-state index in [4.69, 9.17) is 4.74 Å². The SMILES string of the molecule is COC(=O)[C@H]1CCCCN1CC(=O)Nc1ccc(C)cc1. The van der Waals surface area contributed by atoms with Crippen LogP contribution in [0.5, 0.6) is 0 Å². The second-order valence-corrected chi connectivity index (χ2v) is 5.42. The molecule has 1 heterocycles. The van der Waals surface area contributed by atoms with Gasteiger partial charge in [-0.15, -0.1) is 0 Å². The highest BCUT2D eigenvalue weighted by Crippen LogP contribution is 2.18. The fourth-order valence-electron chi connectivity index (χ4n) is 2.61. The van der Waals surface area contributed by atoms with Crippen LogP contribution in [0.2, 0.25) is 0 Å². The summed E-state index contributed by atoms with van der Waals surface area (Å²) in [4.78, 5) is 25.8. The summed E-state index contributed by atoms with van der Waals surface area (Å²) in [5.41, 5.74) is 1.92. The number of amides is 1. The normalized spacial score (nSPS) is 19.0. The maximum atomic E-state index is 12.1. The van der Waals surface area contributed by atoms with Gasteiger partial charge in [-0.3, -0.25) is 14.5 Å². The molecule has 1 atom stereocenters. The zero-order chi connectivity index (χ0) is 15.2. The number of likely N-dealkylation sites (tertiary alicyclic amines) is 1. The summed E-state index contributed by atoms with van der Waals surface area (Å²) in [7, 11) is 1.39. The summed E-state index contributed by atoms with van der Waals surface area (Å²) >= 11 is 0. The van der Waals surface area contributed by atoms with E-state index in [-0.39, 0.29) is 24.5 Å². The molecule has 21 heavy (non-hydrogen) atoms. The molecule has 0 unspecified atom stereocenters. The van der Waals surface area contributed by atoms with Crippen molar-refractivity contribution in [2.24, 2.45) is 0 Å². The molecular weight excluding hydrogens is 268 g/mol. The molecule has 1 N–H and O–H groups in total. The molecule has 1 aromatic rings. The molecule has 2 rings (SSSR count). The van der Waals surface area contributed by atoms with Crippen molar-refractivity contribution in [1.82, 2.24) is 4.90 Å². The van der Waals surface area contributed by atoms with Crippen molar-refractivity contribution in [2.45, 2.75) is 32.2 Å². The largest absolute Gasteiger partial charge is 0.468 e. The van der Waals surface area contributed by atoms with E-state index in [0.29, 0.717) is 0 Å². The Labute approximate surface area is 125 Å². The third kappa shape index (κ3) is 4.29. The van der Waals surface area contributed by atoms with Gasteiger partial charge in [0.05, 0.1) is 13.7 Å². The number of carbonyl (C=O) groups is 2. The number of methoxy groups -OCH3 is 1. The first-order chi connectivity index (χ1) is 10.1. The lowest BCUT2D eigenvalue weighted by Crippen LogP contribution is -2.48. The Morgan fingerprint density at radius 3 is 2.67 bits per heavy atom. The van der Waals surface area contributed by atoms with Gasteiger partial charge >= 0.3 is 5.97 Å². The molecule has 1 fully saturated rings. The number of carbonyl (C=O) groups excluding carboxylic acids is 2. The van der Waals surface area contributed by atoms with Crippen molar-refractivity contribution in [3.05, 3.63) is 29.8 Å². The molecule has 1 aliphatic heterocycles. The maximum absolute atomic E-state index is 12.1. The van der Waals surface area contributed by atoms with Crippen molar-refractivity contribution in [3.8, 4) is 0 Å². The predicted octanol–water partition coefficient (Wildman–Crippen LogP) is 1.96. The highest BCUT2D eigenvalue weighted by molar-refractivity contribution is 5.92. The monoisotopic (exact) mass is 290 g/mol. The molecule has 1 amide bonds. The summed E-state index contributed by atoms with van der Waals surface area (Å²) in [6, 6.07) is 7.36. The second-order valence-electron chi connectivity index (χ2n) is 5.42. The zero-order valence-electron chi connectivity index (χ0n) is 12.6. The number of aryl methyl sites for hydroxylation is 1. The number of benzene rings is 1. The third-order valence-electron chi connectivity index (χ3n) is 3.77. The first-order valence-corrected chi connectivity index (χ1v) is 7.28. The lowest BCUT2D eigenvalue weighted by atomic mass is 10.0. The van der Waals surface area contributed by atoms with Crippen molar-refractivity contribution in [2.75, 3.05) is 25.5 Å². The van der Waals surface area contributed by atoms with Gasteiger partial charge in [-0.2, -0.15) is 0 Å². The first kappa shape index (κ1) is 15.5. The van der Waals surface area contributed by atoms with E-state index in [1.54, 1.807) is 0 Å². The topological polar surface area (TPSA) is 58.6 Å². The molecule has 0 radical (unpaired) electrons. The molecule has 1 saturated heterocycles. The number of esters is 1. The minimum atomic E-state index is -0.299. The molecular formula is C16H22N2O3. The van der Waals surface area contributed by atoms with Gasteiger partial charge in [0.25, 0.3) is 0 Å². The van der Waals surface area contributed by atoms with Crippen LogP contribution in [0.1, 0.15) is 24.8 Å². The van der Waals surface area contributed by atoms with Gasteiger partial charge in [0.15, 0.2) is 0 Å². The Morgan fingerprint density at radius 1 is 1.29 bits per heavy atom. The number of rotatable bonds is 4. The van der Waals surface area contributed by atoms with E-state index < -0.39 is 0 Å². The van der Waals surface area contributed by atoms with Crippen LogP contribution in [0.25, 0.3) is 0 Å². The highest BCUT2D eigenvalue weighted by Gasteiger charge is 2.30. The van der Waals surface area contributed by atoms with Gasteiger partial charge in [0.2, 0.25) is 5.91 Å². The van der Waals surface area contributed by atoms with Crippen LogP contribution >= 0.6 is 0 Å². The Kier molecular flexibility index (Phi) is 5.33. The highest BCUT2D eigenvalue weighted by atomic mass is 16.5. The number of nitrogens with one attached hydrogen (secondary N) is 1. The van der Waals surface area contributed by atoms with Crippen molar-refractivity contribution < 1.29 is 14.3 Å². The molecule has 5 nitrogen and oxygen atoms in total. The van der Waals surface area contributed by atoms with Crippen LogP contribution in [-0.2, 0) is 14.3 Å². The summed E-state index contributed by atoms with van der Waals surface area (Å²) in [6.07, 6.45) is 2.76. The molecule has 1 aliphatic rings. The molecule has 0 aromatic heterocycles. The summed E-state index contributed by atoms with van der Waals surface area (Å²) in [6.45, 7) is 2.97. The Hall–Kier alpha value is -1.88. The molecule has 0 spiro atoms.